The number of amides is 3. The topological polar surface area (TPSA) is 96.0 Å². The fourth-order valence-electron chi connectivity index (χ4n) is 2.74. The van der Waals surface area contributed by atoms with Crippen LogP contribution in [-0.4, -0.2) is 21.9 Å². The molecule has 0 aliphatic carbocycles. The second-order valence-corrected chi connectivity index (χ2v) is 8.30. The minimum atomic E-state index is -0.418. The molecule has 0 aliphatic heterocycles. The molecule has 0 fully saturated rings. The number of rotatable bonds is 4. The van der Waals surface area contributed by atoms with E-state index in [1.807, 2.05) is 43.3 Å². The fraction of sp³-hybridized carbons (Fsp3) is 0.100. The number of benzene rings is 2. The number of hydrogen-bond donors (Lipinski definition) is 3. The van der Waals surface area contributed by atoms with Gasteiger partial charge in [0.05, 0.1) is 15.9 Å². The van der Waals surface area contributed by atoms with Crippen LogP contribution in [-0.2, 0) is 0 Å². The number of anilines is 3. The van der Waals surface area contributed by atoms with Gasteiger partial charge in [-0.1, -0.05) is 53.0 Å². The number of carbonyl (C=O) groups excluding carboxylic acids is 2. The monoisotopic (exact) mass is 423 g/mol. The normalized spacial score (nSPS) is 10.7. The molecule has 2 aromatic carbocycles. The number of thiazole rings is 2. The van der Waals surface area contributed by atoms with Crippen molar-refractivity contribution < 1.29 is 9.59 Å². The number of carbonyl (C=O) groups is 2. The van der Waals surface area contributed by atoms with Gasteiger partial charge in [-0.25, -0.2) is 14.8 Å². The van der Waals surface area contributed by atoms with Crippen LogP contribution in [0.15, 0.2) is 48.5 Å². The minimum absolute atomic E-state index is 0.298. The molecule has 0 unspecified atom stereocenters. The molecule has 0 bridgehead atoms. The Labute approximate surface area is 174 Å². The van der Waals surface area contributed by atoms with E-state index < -0.39 is 6.03 Å². The van der Waals surface area contributed by atoms with Crippen molar-refractivity contribution in [3.63, 3.8) is 0 Å². The molecule has 0 saturated carbocycles. The van der Waals surface area contributed by atoms with Crippen molar-refractivity contribution in [1.82, 2.24) is 9.97 Å². The number of aromatic nitrogens is 2. The van der Waals surface area contributed by atoms with Gasteiger partial charge in [-0.15, -0.1) is 0 Å². The summed E-state index contributed by atoms with van der Waals surface area (Å²) in [6, 6.07) is 14.6. The molecule has 3 amide bonds. The molecular formula is C20H17N5O2S2. The Hall–Kier alpha value is -3.30. The van der Waals surface area contributed by atoms with E-state index in [1.165, 1.54) is 11.3 Å². The lowest BCUT2D eigenvalue weighted by molar-refractivity contribution is 0.103. The molecule has 2 aromatic heterocycles. The van der Waals surface area contributed by atoms with E-state index in [2.05, 4.69) is 25.9 Å². The number of para-hydroxylation sites is 2. The summed E-state index contributed by atoms with van der Waals surface area (Å²) in [7, 11) is 0. The summed E-state index contributed by atoms with van der Waals surface area (Å²) in [5.74, 6) is -0.298. The number of nitrogens with zero attached hydrogens (tertiary/aromatic N) is 2. The Balaban J connectivity index is 1.46. The Kier molecular flexibility index (Phi) is 5.24. The van der Waals surface area contributed by atoms with E-state index in [-0.39, 0.29) is 5.91 Å². The van der Waals surface area contributed by atoms with Crippen LogP contribution in [0.3, 0.4) is 0 Å². The maximum absolute atomic E-state index is 12.7. The van der Waals surface area contributed by atoms with Crippen LogP contribution >= 0.6 is 22.7 Å². The van der Waals surface area contributed by atoms with E-state index in [1.54, 1.807) is 19.1 Å². The molecule has 0 atom stereocenters. The molecule has 2 heterocycles. The van der Waals surface area contributed by atoms with Gasteiger partial charge < -0.3 is 5.32 Å². The summed E-state index contributed by atoms with van der Waals surface area (Å²) in [5, 5.41) is 9.09. The molecule has 0 aliphatic rings. The smallest absolute Gasteiger partial charge is 0.308 e. The van der Waals surface area contributed by atoms with Crippen LogP contribution in [0.25, 0.3) is 10.2 Å². The third-order valence-corrected chi connectivity index (χ3v) is 6.10. The van der Waals surface area contributed by atoms with Crippen molar-refractivity contribution in [2.75, 3.05) is 16.0 Å². The number of aryl methyl sites for hydroxylation is 2. The molecule has 3 N–H and O–H groups in total. The van der Waals surface area contributed by atoms with Gasteiger partial charge in [0.1, 0.15) is 4.88 Å². The quantitative estimate of drug-likeness (QED) is 0.417. The van der Waals surface area contributed by atoms with Crippen molar-refractivity contribution in [3.05, 3.63) is 64.7 Å². The Morgan fingerprint density at radius 3 is 2.34 bits per heavy atom. The van der Waals surface area contributed by atoms with Gasteiger partial charge in [0.15, 0.2) is 10.3 Å². The highest BCUT2D eigenvalue weighted by Gasteiger charge is 2.18. The first-order chi connectivity index (χ1) is 14.0. The summed E-state index contributed by atoms with van der Waals surface area (Å²) in [4.78, 5) is 34.0. The van der Waals surface area contributed by atoms with Crippen LogP contribution < -0.4 is 16.0 Å². The van der Waals surface area contributed by atoms with Crippen LogP contribution in [0, 0.1) is 13.8 Å². The van der Waals surface area contributed by atoms with Gasteiger partial charge in [-0.3, -0.25) is 15.4 Å². The molecule has 0 radical (unpaired) electrons. The van der Waals surface area contributed by atoms with Crippen molar-refractivity contribution in [3.8, 4) is 0 Å². The van der Waals surface area contributed by atoms with Gasteiger partial charge in [0, 0.05) is 5.69 Å². The first-order valence-corrected chi connectivity index (χ1v) is 10.4. The highest BCUT2D eigenvalue weighted by molar-refractivity contribution is 7.22. The molecule has 4 aromatic rings. The maximum Gasteiger partial charge on any atom is 0.325 e. The van der Waals surface area contributed by atoms with Crippen molar-refractivity contribution >= 4 is 60.8 Å². The summed E-state index contributed by atoms with van der Waals surface area (Å²) >= 11 is 2.54. The Morgan fingerprint density at radius 2 is 1.59 bits per heavy atom. The largest absolute Gasteiger partial charge is 0.325 e. The van der Waals surface area contributed by atoms with Crippen molar-refractivity contribution in [1.29, 1.82) is 0 Å². The van der Waals surface area contributed by atoms with E-state index in [0.29, 0.717) is 26.5 Å². The van der Waals surface area contributed by atoms with Gasteiger partial charge in [-0.2, -0.15) is 0 Å². The summed E-state index contributed by atoms with van der Waals surface area (Å²) in [6.45, 7) is 3.72. The number of hydrogen-bond acceptors (Lipinski definition) is 6. The molecule has 9 heteroatoms. The molecule has 146 valence electrons. The number of fused-ring (bicyclic) bond motifs is 1. The van der Waals surface area contributed by atoms with Crippen LogP contribution in [0.1, 0.15) is 20.9 Å². The van der Waals surface area contributed by atoms with Crippen molar-refractivity contribution in [2.45, 2.75) is 13.8 Å². The Morgan fingerprint density at radius 1 is 0.828 bits per heavy atom. The standard InChI is InChI=1S/C20H17N5O2S2/c1-11-7-6-10-14-15(11)23-20(28-14)24-17(26)16-12(2)21-19(29-16)25-18(27)22-13-8-4-3-5-9-13/h3-10H,1-2H3,(H,23,24,26)(H2,21,22,25,27). The van der Waals surface area contributed by atoms with Crippen LogP contribution in [0.2, 0.25) is 0 Å². The average molecular weight is 424 g/mol. The highest BCUT2D eigenvalue weighted by Crippen LogP contribution is 2.29. The number of nitrogens with one attached hydrogen (secondary N) is 3. The molecule has 0 saturated heterocycles. The van der Waals surface area contributed by atoms with Crippen LogP contribution in [0.5, 0.6) is 0 Å². The third kappa shape index (κ3) is 4.25. The highest BCUT2D eigenvalue weighted by atomic mass is 32.1. The molecular weight excluding hydrogens is 406 g/mol. The third-order valence-electron chi connectivity index (χ3n) is 4.10. The summed E-state index contributed by atoms with van der Waals surface area (Å²) < 4.78 is 1.02. The van der Waals surface area contributed by atoms with Gasteiger partial charge in [-0.05, 0) is 37.6 Å². The first-order valence-electron chi connectivity index (χ1n) is 8.77. The zero-order chi connectivity index (χ0) is 20.4. The van der Waals surface area contributed by atoms with E-state index >= 15 is 0 Å². The second-order valence-electron chi connectivity index (χ2n) is 6.27. The first kappa shape index (κ1) is 19.0. The van der Waals surface area contributed by atoms with E-state index in [9.17, 15) is 9.59 Å². The van der Waals surface area contributed by atoms with Gasteiger partial charge in [0.25, 0.3) is 5.91 Å². The Bertz CT molecular complexity index is 1200. The lowest BCUT2D eigenvalue weighted by atomic mass is 10.2. The average Bonchev–Trinajstić information content (AvgIpc) is 3.26. The predicted molar refractivity (Wildman–Crippen MR) is 118 cm³/mol. The SMILES string of the molecule is Cc1nc(NC(=O)Nc2ccccc2)sc1C(=O)Nc1nc2c(C)cccc2s1. The maximum atomic E-state index is 12.7. The summed E-state index contributed by atoms with van der Waals surface area (Å²) in [5.41, 5.74) is 3.15. The van der Waals surface area contributed by atoms with Gasteiger partial charge >= 0.3 is 6.03 Å². The summed E-state index contributed by atoms with van der Waals surface area (Å²) in [6.07, 6.45) is 0. The zero-order valence-electron chi connectivity index (χ0n) is 15.6. The molecule has 0 spiro atoms. The molecule has 29 heavy (non-hydrogen) atoms. The lowest BCUT2D eigenvalue weighted by Gasteiger charge is -2.04. The van der Waals surface area contributed by atoms with Crippen molar-refractivity contribution in [2.24, 2.45) is 0 Å². The van der Waals surface area contributed by atoms with Gasteiger partial charge in [0.2, 0.25) is 0 Å². The van der Waals surface area contributed by atoms with E-state index in [4.69, 9.17) is 0 Å². The predicted octanol–water partition coefficient (Wildman–Crippen LogP) is 5.27. The number of urea groups is 1. The minimum Gasteiger partial charge on any atom is -0.308 e. The molecule has 7 nitrogen and oxygen atoms in total. The molecule has 4 rings (SSSR count). The van der Waals surface area contributed by atoms with Crippen LogP contribution in [0.4, 0.5) is 20.7 Å². The zero-order valence-corrected chi connectivity index (χ0v) is 17.3. The van der Waals surface area contributed by atoms with E-state index in [0.717, 1.165) is 27.1 Å². The lowest BCUT2D eigenvalue weighted by Crippen LogP contribution is -2.19. The second kappa shape index (κ2) is 7.98. The fourth-order valence-corrected chi connectivity index (χ4v) is 4.53.